The highest BCUT2D eigenvalue weighted by molar-refractivity contribution is 5.82. The van der Waals surface area contributed by atoms with Gasteiger partial charge in [0.15, 0.2) is 0 Å². The standard InChI is InChI=1S/C18H20N2O2/c19-15(10-12-6-2-1-3-7-12)18(22)20-17-14-9-5-4-8-13(14)11-16(17)21/h1-9,15-17,21H,10-11,19H2,(H,20,22)/t15?,16-,17+/m0/s1. The number of nitrogens with two attached hydrogens (primary N) is 1. The molecule has 0 radical (unpaired) electrons. The van der Waals surface area contributed by atoms with Gasteiger partial charge in [-0.25, -0.2) is 0 Å². The Morgan fingerprint density at radius 1 is 1.18 bits per heavy atom. The van der Waals surface area contributed by atoms with Crippen LogP contribution in [0.5, 0.6) is 0 Å². The molecule has 22 heavy (non-hydrogen) atoms. The third kappa shape index (κ3) is 3.03. The molecule has 1 aliphatic carbocycles. The largest absolute Gasteiger partial charge is 0.390 e. The van der Waals surface area contributed by atoms with Crippen molar-refractivity contribution >= 4 is 5.91 Å². The van der Waals surface area contributed by atoms with Gasteiger partial charge in [-0.05, 0) is 23.1 Å². The van der Waals surface area contributed by atoms with E-state index in [-0.39, 0.29) is 11.9 Å². The first kappa shape index (κ1) is 14.8. The highest BCUT2D eigenvalue weighted by Crippen LogP contribution is 2.31. The Morgan fingerprint density at radius 2 is 1.86 bits per heavy atom. The van der Waals surface area contributed by atoms with E-state index < -0.39 is 12.1 Å². The summed E-state index contributed by atoms with van der Waals surface area (Å²) in [6, 6.07) is 16.5. The fraction of sp³-hybridized carbons (Fsp3) is 0.278. The lowest BCUT2D eigenvalue weighted by atomic mass is 10.0. The Hall–Kier alpha value is -2.17. The number of hydrogen-bond donors (Lipinski definition) is 3. The third-order valence-electron chi connectivity index (χ3n) is 4.14. The van der Waals surface area contributed by atoms with Gasteiger partial charge in [0.05, 0.1) is 18.2 Å². The summed E-state index contributed by atoms with van der Waals surface area (Å²) in [5.41, 5.74) is 9.09. The summed E-state index contributed by atoms with van der Waals surface area (Å²) in [4.78, 5) is 12.3. The van der Waals surface area contributed by atoms with E-state index in [2.05, 4.69) is 5.32 Å². The lowest BCUT2D eigenvalue weighted by Crippen LogP contribution is -2.45. The second-order valence-corrected chi connectivity index (χ2v) is 5.75. The number of hydrogen-bond acceptors (Lipinski definition) is 3. The van der Waals surface area contributed by atoms with Crippen molar-refractivity contribution in [2.45, 2.75) is 31.0 Å². The van der Waals surface area contributed by atoms with Crippen LogP contribution >= 0.6 is 0 Å². The molecule has 1 aliphatic rings. The minimum absolute atomic E-state index is 0.232. The normalized spacial score (nSPS) is 21.2. The van der Waals surface area contributed by atoms with E-state index in [0.29, 0.717) is 12.8 Å². The van der Waals surface area contributed by atoms with Gasteiger partial charge < -0.3 is 16.2 Å². The first-order valence-corrected chi connectivity index (χ1v) is 7.51. The van der Waals surface area contributed by atoms with Crippen LogP contribution in [0.4, 0.5) is 0 Å². The topological polar surface area (TPSA) is 75.4 Å². The zero-order chi connectivity index (χ0) is 15.5. The Morgan fingerprint density at radius 3 is 2.64 bits per heavy atom. The van der Waals surface area contributed by atoms with Crippen molar-refractivity contribution in [3.05, 3.63) is 71.3 Å². The van der Waals surface area contributed by atoms with Crippen molar-refractivity contribution in [1.29, 1.82) is 0 Å². The predicted molar refractivity (Wildman–Crippen MR) is 85.2 cm³/mol. The molecule has 0 heterocycles. The Balaban J connectivity index is 1.67. The first-order valence-electron chi connectivity index (χ1n) is 7.51. The summed E-state index contributed by atoms with van der Waals surface area (Å²) in [7, 11) is 0. The van der Waals surface area contributed by atoms with Crippen molar-refractivity contribution in [3.63, 3.8) is 0 Å². The Labute approximate surface area is 130 Å². The predicted octanol–water partition coefficient (Wildman–Crippen LogP) is 1.33. The van der Waals surface area contributed by atoms with Crippen LogP contribution in [0.3, 0.4) is 0 Å². The summed E-state index contributed by atoms with van der Waals surface area (Å²) in [6.45, 7) is 0. The highest BCUT2D eigenvalue weighted by Gasteiger charge is 2.32. The maximum atomic E-state index is 12.3. The molecule has 0 saturated heterocycles. The van der Waals surface area contributed by atoms with Gasteiger partial charge in [0.2, 0.25) is 5.91 Å². The van der Waals surface area contributed by atoms with Gasteiger partial charge in [-0.3, -0.25) is 4.79 Å². The summed E-state index contributed by atoms with van der Waals surface area (Å²) in [5.74, 6) is -0.232. The lowest BCUT2D eigenvalue weighted by molar-refractivity contribution is -0.123. The Bertz CT molecular complexity index is 657. The van der Waals surface area contributed by atoms with Crippen LogP contribution in [0, 0.1) is 0 Å². The SMILES string of the molecule is NC(Cc1ccccc1)C(=O)N[C@@H]1c2ccccc2C[C@@H]1O. The van der Waals surface area contributed by atoms with Gasteiger partial charge in [0.25, 0.3) is 0 Å². The number of carbonyl (C=O) groups is 1. The summed E-state index contributed by atoms with van der Waals surface area (Å²) >= 11 is 0. The molecule has 4 N–H and O–H groups in total. The number of fused-ring (bicyclic) bond motifs is 1. The molecule has 0 fully saturated rings. The van der Waals surface area contributed by atoms with Crippen molar-refractivity contribution in [3.8, 4) is 0 Å². The molecule has 3 rings (SSSR count). The highest BCUT2D eigenvalue weighted by atomic mass is 16.3. The van der Waals surface area contributed by atoms with Crippen molar-refractivity contribution in [1.82, 2.24) is 5.32 Å². The average molecular weight is 296 g/mol. The van der Waals surface area contributed by atoms with Crippen LogP contribution in [0.15, 0.2) is 54.6 Å². The maximum absolute atomic E-state index is 12.3. The molecule has 3 atom stereocenters. The molecule has 2 aromatic carbocycles. The molecule has 0 aromatic heterocycles. The van der Waals surface area contributed by atoms with E-state index in [1.165, 1.54) is 0 Å². The van der Waals surface area contributed by atoms with Crippen molar-refractivity contribution < 1.29 is 9.90 Å². The average Bonchev–Trinajstić information content (AvgIpc) is 2.84. The smallest absolute Gasteiger partial charge is 0.237 e. The minimum Gasteiger partial charge on any atom is -0.390 e. The second-order valence-electron chi connectivity index (χ2n) is 5.75. The van der Waals surface area contributed by atoms with Crippen molar-refractivity contribution in [2.24, 2.45) is 5.73 Å². The number of carbonyl (C=O) groups excluding carboxylic acids is 1. The first-order chi connectivity index (χ1) is 10.6. The van der Waals surface area contributed by atoms with Crippen LogP contribution in [0.25, 0.3) is 0 Å². The second kappa shape index (κ2) is 6.30. The summed E-state index contributed by atoms with van der Waals surface area (Å²) in [5, 5.41) is 13.1. The number of aliphatic hydroxyl groups is 1. The van der Waals surface area contributed by atoms with Gasteiger partial charge >= 0.3 is 0 Å². The molecule has 114 valence electrons. The van der Waals surface area contributed by atoms with Gasteiger partial charge in [-0.2, -0.15) is 0 Å². The molecule has 1 unspecified atom stereocenters. The quantitative estimate of drug-likeness (QED) is 0.797. The van der Waals surface area contributed by atoms with Gasteiger partial charge in [-0.15, -0.1) is 0 Å². The lowest BCUT2D eigenvalue weighted by Gasteiger charge is -2.20. The maximum Gasteiger partial charge on any atom is 0.237 e. The van der Waals surface area contributed by atoms with Crippen molar-refractivity contribution in [2.75, 3.05) is 0 Å². The monoisotopic (exact) mass is 296 g/mol. The zero-order valence-corrected chi connectivity index (χ0v) is 12.3. The van der Waals surface area contributed by atoms with E-state index in [4.69, 9.17) is 5.73 Å². The summed E-state index contributed by atoms with van der Waals surface area (Å²) in [6.07, 6.45) is 0.455. The van der Waals surface area contributed by atoms with Gasteiger partial charge in [0, 0.05) is 6.42 Å². The van der Waals surface area contributed by atoms with Crippen LogP contribution in [0.2, 0.25) is 0 Å². The Kier molecular flexibility index (Phi) is 4.22. The molecule has 1 amide bonds. The number of aliphatic hydroxyl groups excluding tert-OH is 1. The van der Waals surface area contributed by atoms with E-state index in [1.54, 1.807) is 0 Å². The number of nitrogens with one attached hydrogen (secondary N) is 1. The van der Waals surface area contributed by atoms with E-state index in [1.807, 2.05) is 54.6 Å². The molecular weight excluding hydrogens is 276 g/mol. The molecule has 2 aromatic rings. The molecule has 4 heteroatoms. The molecule has 0 aliphatic heterocycles. The summed E-state index contributed by atoms with van der Waals surface area (Å²) < 4.78 is 0. The molecular formula is C18H20N2O2. The van der Waals surface area contributed by atoms with Gasteiger partial charge in [0.1, 0.15) is 0 Å². The van der Waals surface area contributed by atoms with E-state index >= 15 is 0 Å². The van der Waals surface area contributed by atoms with Crippen LogP contribution in [-0.2, 0) is 17.6 Å². The van der Waals surface area contributed by atoms with Crippen LogP contribution < -0.4 is 11.1 Å². The molecule has 0 spiro atoms. The fourth-order valence-corrected chi connectivity index (χ4v) is 2.97. The zero-order valence-electron chi connectivity index (χ0n) is 12.3. The number of benzene rings is 2. The van der Waals surface area contributed by atoms with E-state index in [9.17, 15) is 9.90 Å². The molecule has 0 saturated carbocycles. The third-order valence-corrected chi connectivity index (χ3v) is 4.14. The fourth-order valence-electron chi connectivity index (χ4n) is 2.97. The van der Waals surface area contributed by atoms with Crippen LogP contribution in [0.1, 0.15) is 22.7 Å². The number of rotatable bonds is 4. The molecule has 4 nitrogen and oxygen atoms in total. The number of amides is 1. The van der Waals surface area contributed by atoms with E-state index in [0.717, 1.165) is 16.7 Å². The van der Waals surface area contributed by atoms with Gasteiger partial charge in [-0.1, -0.05) is 54.6 Å². The minimum atomic E-state index is -0.623. The van der Waals surface area contributed by atoms with Crippen LogP contribution in [-0.4, -0.2) is 23.2 Å². The molecule has 0 bridgehead atoms.